The van der Waals surface area contributed by atoms with E-state index in [1.807, 2.05) is 0 Å². The molecular formula is C12H10BrF2NO2S2. The molecule has 108 valence electrons. The first-order chi connectivity index (χ1) is 9.29. The molecule has 0 saturated heterocycles. The Labute approximate surface area is 127 Å². The SMILES string of the molecule is Cc1cc(S(=O)(=O)NCc2ccc(F)cc2F)sc1Br. The van der Waals surface area contributed by atoms with Crippen LogP contribution in [0.25, 0.3) is 0 Å². The summed E-state index contributed by atoms with van der Waals surface area (Å²) in [7, 11) is -3.71. The highest BCUT2D eigenvalue weighted by molar-refractivity contribution is 9.11. The Morgan fingerprint density at radius 2 is 2.00 bits per heavy atom. The maximum Gasteiger partial charge on any atom is 0.250 e. The second-order valence-corrected chi connectivity index (χ2v) is 8.45. The average molecular weight is 382 g/mol. The van der Waals surface area contributed by atoms with E-state index in [9.17, 15) is 17.2 Å². The van der Waals surface area contributed by atoms with Crippen molar-refractivity contribution < 1.29 is 17.2 Å². The average Bonchev–Trinajstić information content (AvgIpc) is 2.69. The molecule has 0 atom stereocenters. The van der Waals surface area contributed by atoms with Crippen LogP contribution in [-0.4, -0.2) is 8.42 Å². The van der Waals surface area contributed by atoms with E-state index >= 15 is 0 Å². The molecule has 0 aliphatic carbocycles. The highest BCUT2D eigenvalue weighted by Gasteiger charge is 2.18. The number of hydrogen-bond acceptors (Lipinski definition) is 3. The minimum absolute atomic E-state index is 0.0855. The van der Waals surface area contributed by atoms with Gasteiger partial charge in [0.15, 0.2) is 0 Å². The van der Waals surface area contributed by atoms with Crippen molar-refractivity contribution in [3.63, 3.8) is 0 Å². The van der Waals surface area contributed by atoms with E-state index in [4.69, 9.17) is 0 Å². The van der Waals surface area contributed by atoms with E-state index in [-0.39, 0.29) is 16.3 Å². The number of hydrogen-bond donors (Lipinski definition) is 1. The van der Waals surface area contributed by atoms with Gasteiger partial charge < -0.3 is 0 Å². The molecule has 0 amide bonds. The first-order valence-electron chi connectivity index (χ1n) is 5.49. The van der Waals surface area contributed by atoms with Gasteiger partial charge in [0.2, 0.25) is 10.0 Å². The second-order valence-electron chi connectivity index (χ2n) is 4.08. The molecule has 0 radical (unpaired) electrons. The summed E-state index contributed by atoms with van der Waals surface area (Å²) in [5.74, 6) is -1.48. The third-order valence-corrected chi connectivity index (χ3v) is 6.58. The Morgan fingerprint density at radius 1 is 1.30 bits per heavy atom. The molecule has 2 aromatic rings. The Bertz CT molecular complexity index is 724. The fourth-order valence-corrected chi connectivity index (χ4v) is 4.75. The van der Waals surface area contributed by atoms with Crippen LogP contribution in [0.5, 0.6) is 0 Å². The maximum atomic E-state index is 13.4. The molecule has 0 unspecified atom stereocenters. The molecule has 1 aromatic carbocycles. The molecule has 1 aromatic heterocycles. The molecule has 0 saturated carbocycles. The highest BCUT2D eigenvalue weighted by atomic mass is 79.9. The zero-order chi connectivity index (χ0) is 14.9. The van der Waals surface area contributed by atoms with Crippen LogP contribution in [0.2, 0.25) is 0 Å². The number of halogens is 3. The number of nitrogens with one attached hydrogen (secondary N) is 1. The Morgan fingerprint density at radius 3 is 2.55 bits per heavy atom. The quantitative estimate of drug-likeness (QED) is 0.879. The normalized spacial score (nSPS) is 11.8. The number of benzene rings is 1. The lowest BCUT2D eigenvalue weighted by Crippen LogP contribution is -2.23. The maximum absolute atomic E-state index is 13.4. The van der Waals surface area contributed by atoms with Gasteiger partial charge in [-0.2, -0.15) is 0 Å². The van der Waals surface area contributed by atoms with Gasteiger partial charge in [-0.25, -0.2) is 21.9 Å². The van der Waals surface area contributed by atoms with Gasteiger partial charge in [-0.05, 0) is 40.5 Å². The number of aryl methyl sites for hydroxylation is 1. The number of rotatable bonds is 4. The molecule has 2 rings (SSSR count). The molecule has 0 aliphatic heterocycles. The van der Waals surface area contributed by atoms with Crippen molar-refractivity contribution in [1.82, 2.24) is 4.72 Å². The molecule has 1 N–H and O–H groups in total. The van der Waals surface area contributed by atoms with Crippen LogP contribution in [0.4, 0.5) is 8.78 Å². The number of thiophene rings is 1. The van der Waals surface area contributed by atoms with E-state index in [0.717, 1.165) is 32.8 Å². The summed E-state index contributed by atoms with van der Waals surface area (Å²) >= 11 is 4.32. The summed E-state index contributed by atoms with van der Waals surface area (Å²) < 4.78 is 53.4. The van der Waals surface area contributed by atoms with Crippen LogP contribution >= 0.6 is 27.3 Å². The van der Waals surface area contributed by atoms with Gasteiger partial charge in [0.1, 0.15) is 15.8 Å². The molecule has 0 bridgehead atoms. The van der Waals surface area contributed by atoms with Crippen molar-refractivity contribution in [2.24, 2.45) is 0 Å². The first kappa shape index (κ1) is 15.6. The predicted molar refractivity (Wildman–Crippen MR) is 77.1 cm³/mol. The molecule has 1 heterocycles. The van der Waals surface area contributed by atoms with Gasteiger partial charge in [-0.15, -0.1) is 11.3 Å². The van der Waals surface area contributed by atoms with Gasteiger partial charge in [0.05, 0.1) is 3.79 Å². The monoisotopic (exact) mass is 381 g/mol. The van der Waals surface area contributed by atoms with E-state index in [2.05, 4.69) is 20.7 Å². The van der Waals surface area contributed by atoms with Crippen molar-refractivity contribution in [3.05, 3.63) is 50.8 Å². The van der Waals surface area contributed by atoms with E-state index in [1.54, 1.807) is 6.92 Å². The molecule has 3 nitrogen and oxygen atoms in total. The summed E-state index contributed by atoms with van der Waals surface area (Å²) in [6.45, 7) is 1.54. The summed E-state index contributed by atoms with van der Waals surface area (Å²) in [4.78, 5) is 0. The predicted octanol–water partition coefficient (Wildman–Crippen LogP) is 3.58. The zero-order valence-electron chi connectivity index (χ0n) is 10.3. The lowest BCUT2D eigenvalue weighted by atomic mass is 10.2. The minimum Gasteiger partial charge on any atom is -0.207 e. The summed E-state index contributed by atoms with van der Waals surface area (Å²) in [6, 6.07) is 4.54. The molecule has 20 heavy (non-hydrogen) atoms. The highest BCUT2D eigenvalue weighted by Crippen LogP contribution is 2.30. The minimum atomic E-state index is -3.71. The van der Waals surface area contributed by atoms with Gasteiger partial charge in [0.25, 0.3) is 0 Å². The van der Waals surface area contributed by atoms with Crippen LogP contribution in [0, 0.1) is 18.6 Å². The largest absolute Gasteiger partial charge is 0.250 e. The summed E-state index contributed by atoms with van der Waals surface area (Å²) in [6.07, 6.45) is 0. The van der Waals surface area contributed by atoms with E-state index in [1.165, 1.54) is 12.1 Å². The first-order valence-corrected chi connectivity index (χ1v) is 8.58. The van der Waals surface area contributed by atoms with Crippen molar-refractivity contribution in [1.29, 1.82) is 0 Å². The third-order valence-electron chi connectivity index (χ3n) is 2.57. The van der Waals surface area contributed by atoms with Gasteiger partial charge >= 0.3 is 0 Å². The van der Waals surface area contributed by atoms with E-state index < -0.39 is 21.7 Å². The standard InChI is InChI=1S/C12H10BrF2NO2S2/c1-7-4-11(19-12(7)13)20(17,18)16-6-8-2-3-9(14)5-10(8)15/h2-5,16H,6H2,1H3. The Kier molecular flexibility index (Phi) is 4.58. The fraction of sp³-hybridized carbons (Fsp3) is 0.167. The van der Waals surface area contributed by atoms with Crippen LogP contribution in [-0.2, 0) is 16.6 Å². The van der Waals surface area contributed by atoms with Gasteiger partial charge in [-0.3, -0.25) is 0 Å². The molecular weight excluding hydrogens is 372 g/mol. The van der Waals surface area contributed by atoms with Crippen molar-refractivity contribution in [3.8, 4) is 0 Å². The fourth-order valence-electron chi connectivity index (χ4n) is 1.47. The molecule has 0 spiro atoms. The van der Waals surface area contributed by atoms with Crippen LogP contribution in [0.1, 0.15) is 11.1 Å². The third kappa shape index (κ3) is 3.43. The van der Waals surface area contributed by atoms with Crippen LogP contribution < -0.4 is 4.72 Å². The Hall–Kier alpha value is -0.830. The molecule has 0 aliphatic rings. The summed E-state index contributed by atoms with van der Waals surface area (Å²) in [5.41, 5.74) is 0.894. The van der Waals surface area contributed by atoms with Crippen molar-refractivity contribution in [2.45, 2.75) is 17.7 Å². The van der Waals surface area contributed by atoms with Gasteiger partial charge in [-0.1, -0.05) is 6.07 Å². The molecule has 0 fully saturated rings. The second kappa shape index (κ2) is 5.88. The Balaban J connectivity index is 2.17. The number of sulfonamides is 1. The van der Waals surface area contributed by atoms with Crippen LogP contribution in [0.15, 0.2) is 32.3 Å². The lowest BCUT2D eigenvalue weighted by Gasteiger charge is -2.06. The van der Waals surface area contributed by atoms with E-state index in [0.29, 0.717) is 0 Å². The van der Waals surface area contributed by atoms with Crippen LogP contribution in [0.3, 0.4) is 0 Å². The lowest BCUT2D eigenvalue weighted by molar-refractivity contribution is 0.563. The van der Waals surface area contributed by atoms with Crippen molar-refractivity contribution >= 4 is 37.3 Å². The van der Waals surface area contributed by atoms with Crippen molar-refractivity contribution in [2.75, 3.05) is 0 Å². The van der Waals surface area contributed by atoms with Gasteiger partial charge in [0, 0.05) is 18.2 Å². The molecule has 8 heteroatoms. The summed E-state index contributed by atoms with van der Waals surface area (Å²) in [5, 5.41) is 0. The zero-order valence-corrected chi connectivity index (χ0v) is 13.5. The smallest absolute Gasteiger partial charge is 0.207 e. The topological polar surface area (TPSA) is 46.2 Å².